The van der Waals surface area contributed by atoms with Crippen LogP contribution in [0.25, 0.3) is 0 Å². The average molecular weight is 358 g/mol. The third-order valence-electron chi connectivity index (χ3n) is 5.63. The van der Waals surface area contributed by atoms with Crippen LogP contribution >= 0.6 is 0 Å². The first-order chi connectivity index (χ1) is 12.7. The van der Waals surface area contributed by atoms with E-state index < -0.39 is 0 Å². The van der Waals surface area contributed by atoms with Gasteiger partial charge in [-0.05, 0) is 49.3 Å². The average Bonchev–Trinajstić information content (AvgIpc) is 3.11. The van der Waals surface area contributed by atoms with Gasteiger partial charge in [-0.3, -0.25) is 9.69 Å². The topological polar surface area (TPSA) is 58.6 Å². The lowest BCUT2D eigenvalue weighted by atomic mass is 9.79. The van der Waals surface area contributed by atoms with Crippen molar-refractivity contribution in [3.8, 4) is 0 Å². The number of ether oxygens (including phenoxy) is 1. The van der Waals surface area contributed by atoms with E-state index >= 15 is 0 Å². The number of carbonyl (C=O) groups is 2. The Morgan fingerprint density at radius 2 is 2.08 bits per heavy atom. The Balaban J connectivity index is 1.47. The fraction of sp³-hybridized carbons (Fsp3) is 0.619. The van der Waals surface area contributed by atoms with Gasteiger partial charge in [0.2, 0.25) is 5.91 Å². The van der Waals surface area contributed by atoms with Crippen LogP contribution in [-0.2, 0) is 16.1 Å². The molecule has 0 bridgehead atoms. The Kier molecular flexibility index (Phi) is 6.53. The highest BCUT2D eigenvalue weighted by Crippen LogP contribution is 2.32. The molecule has 1 saturated carbocycles. The van der Waals surface area contributed by atoms with Gasteiger partial charge in [-0.1, -0.05) is 38.3 Å². The molecule has 1 heterocycles. The minimum atomic E-state index is -0.300. The van der Waals surface area contributed by atoms with Crippen LogP contribution in [0.4, 0.5) is 10.5 Å². The lowest BCUT2D eigenvalue weighted by molar-refractivity contribution is -0.126. The molecule has 1 aromatic carbocycles. The molecular formula is C21H30N2O3. The van der Waals surface area contributed by atoms with Crippen LogP contribution in [0.1, 0.15) is 57.4 Å². The molecule has 5 heteroatoms. The number of hydrogen-bond acceptors (Lipinski definition) is 3. The van der Waals surface area contributed by atoms with Crippen molar-refractivity contribution in [1.82, 2.24) is 5.32 Å². The second-order valence-corrected chi connectivity index (χ2v) is 7.51. The molecule has 5 nitrogen and oxygen atoms in total. The number of nitrogens with zero attached hydrogens (tertiary/aromatic N) is 1. The van der Waals surface area contributed by atoms with Gasteiger partial charge in [0.1, 0.15) is 6.61 Å². The molecule has 2 fully saturated rings. The van der Waals surface area contributed by atoms with Gasteiger partial charge in [-0.25, -0.2) is 4.79 Å². The van der Waals surface area contributed by atoms with E-state index in [4.69, 9.17) is 4.74 Å². The zero-order valence-corrected chi connectivity index (χ0v) is 15.7. The van der Waals surface area contributed by atoms with Gasteiger partial charge in [0.25, 0.3) is 0 Å². The van der Waals surface area contributed by atoms with Crippen LogP contribution in [0.5, 0.6) is 0 Å². The number of nitrogens with one attached hydrogen (secondary N) is 1. The molecule has 26 heavy (non-hydrogen) atoms. The van der Waals surface area contributed by atoms with Crippen molar-refractivity contribution < 1.29 is 14.3 Å². The quantitative estimate of drug-likeness (QED) is 0.792. The summed E-state index contributed by atoms with van der Waals surface area (Å²) >= 11 is 0. The van der Waals surface area contributed by atoms with E-state index in [-0.39, 0.29) is 17.9 Å². The molecule has 2 aliphatic rings. The normalized spacial score (nSPS) is 23.0. The molecule has 1 N–H and O–H groups in total. The highest BCUT2D eigenvalue weighted by Gasteiger charge is 2.26. The third kappa shape index (κ3) is 4.77. The number of rotatable bonds is 7. The van der Waals surface area contributed by atoms with Crippen LogP contribution in [0.15, 0.2) is 24.3 Å². The Hall–Kier alpha value is -2.04. The molecule has 0 radical (unpaired) electrons. The van der Waals surface area contributed by atoms with Gasteiger partial charge in [0.05, 0.1) is 6.54 Å². The first-order valence-electron chi connectivity index (χ1n) is 9.98. The number of benzene rings is 1. The zero-order valence-electron chi connectivity index (χ0n) is 15.7. The maximum atomic E-state index is 12.5. The van der Waals surface area contributed by atoms with E-state index in [1.807, 2.05) is 24.3 Å². The standard InChI is InChI=1S/C21H30N2O3/c1-2-3-5-16-8-10-18(11-9-16)20(24)22-15-17-6-4-7-19(14-17)23-12-13-26-21(23)25/h4,6-7,14,16,18H,2-3,5,8-13,15H2,1H3,(H,22,24). The van der Waals surface area contributed by atoms with E-state index in [9.17, 15) is 9.59 Å². The Morgan fingerprint density at radius 1 is 1.27 bits per heavy atom. The summed E-state index contributed by atoms with van der Waals surface area (Å²) in [5.41, 5.74) is 1.84. The predicted octanol–water partition coefficient (Wildman–Crippen LogP) is 4.26. The van der Waals surface area contributed by atoms with Crippen LogP contribution in [0, 0.1) is 11.8 Å². The van der Waals surface area contributed by atoms with Crippen molar-refractivity contribution >= 4 is 17.7 Å². The van der Waals surface area contributed by atoms with Gasteiger partial charge in [0, 0.05) is 18.2 Å². The highest BCUT2D eigenvalue weighted by atomic mass is 16.6. The molecule has 1 saturated heterocycles. The van der Waals surface area contributed by atoms with Crippen molar-refractivity contribution in [3.63, 3.8) is 0 Å². The van der Waals surface area contributed by atoms with Crippen molar-refractivity contribution in [2.75, 3.05) is 18.1 Å². The Morgan fingerprint density at radius 3 is 2.77 bits per heavy atom. The first-order valence-corrected chi connectivity index (χ1v) is 9.98. The van der Waals surface area contributed by atoms with Gasteiger partial charge in [-0.15, -0.1) is 0 Å². The summed E-state index contributed by atoms with van der Waals surface area (Å²) in [7, 11) is 0. The summed E-state index contributed by atoms with van der Waals surface area (Å²) in [6.45, 7) is 3.75. The third-order valence-corrected chi connectivity index (χ3v) is 5.63. The van der Waals surface area contributed by atoms with Crippen LogP contribution in [-0.4, -0.2) is 25.2 Å². The van der Waals surface area contributed by atoms with Crippen molar-refractivity contribution in [1.29, 1.82) is 0 Å². The second kappa shape index (κ2) is 9.06. The van der Waals surface area contributed by atoms with E-state index in [0.717, 1.165) is 30.0 Å². The molecule has 1 aromatic rings. The van der Waals surface area contributed by atoms with E-state index in [1.165, 1.54) is 32.1 Å². The first kappa shape index (κ1) is 18.7. The number of cyclic esters (lactones) is 1. The summed E-state index contributed by atoms with van der Waals surface area (Å²) < 4.78 is 4.99. The maximum absolute atomic E-state index is 12.5. The smallest absolute Gasteiger partial charge is 0.414 e. The van der Waals surface area contributed by atoms with Crippen molar-refractivity contribution in [3.05, 3.63) is 29.8 Å². The summed E-state index contributed by atoms with van der Waals surface area (Å²) in [5, 5.41) is 3.08. The van der Waals surface area contributed by atoms with E-state index in [0.29, 0.717) is 19.7 Å². The molecule has 142 valence electrons. The van der Waals surface area contributed by atoms with Crippen LogP contribution in [0.3, 0.4) is 0 Å². The molecule has 2 amide bonds. The molecule has 3 rings (SSSR count). The fourth-order valence-corrected chi connectivity index (χ4v) is 4.00. The molecule has 1 aliphatic carbocycles. The number of unbranched alkanes of at least 4 members (excludes halogenated alkanes) is 1. The minimum Gasteiger partial charge on any atom is -0.447 e. The van der Waals surface area contributed by atoms with Gasteiger partial charge in [-0.2, -0.15) is 0 Å². The number of hydrogen-bond donors (Lipinski definition) is 1. The largest absolute Gasteiger partial charge is 0.447 e. The fourth-order valence-electron chi connectivity index (χ4n) is 4.00. The number of amides is 2. The summed E-state index contributed by atoms with van der Waals surface area (Å²) in [6, 6.07) is 7.75. The number of anilines is 1. The molecular weight excluding hydrogens is 328 g/mol. The number of carbonyl (C=O) groups excluding carboxylic acids is 2. The van der Waals surface area contributed by atoms with Crippen LogP contribution in [0.2, 0.25) is 0 Å². The monoisotopic (exact) mass is 358 g/mol. The lowest BCUT2D eigenvalue weighted by Crippen LogP contribution is -2.33. The van der Waals surface area contributed by atoms with Gasteiger partial charge in [0.15, 0.2) is 0 Å². The molecule has 0 aromatic heterocycles. The molecule has 0 unspecified atom stereocenters. The van der Waals surface area contributed by atoms with Gasteiger partial charge >= 0.3 is 6.09 Å². The molecule has 0 spiro atoms. The van der Waals surface area contributed by atoms with Gasteiger partial charge < -0.3 is 10.1 Å². The Bertz CT molecular complexity index is 623. The Labute approximate surface area is 156 Å². The van der Waals surface area contributed by atoms with E-state index in [2.05, 4.69) is 12.2 Å². The summed E-state index contributed by atoms with van der Waals surface area (Å²) in [4.78, 5) is 25.8. The maximum Gasteiger partial charge on any atom is 0.414 e. The lowest BCUT2D eigenvalue weighted by Gasteiger charge is -2.27. The van der Waals surface area contributed by atoms with Crippen molar-refractivity contribution in [2.45, 2.75) is 58.4 Å². The van der Waals surface area contributed by atoms with Crippen molar-refractivity contribution in [2.24, 2.45) is 11.8 Å². The predicted molar refractivity (Wildman–Crippen MR) is 102 cm³/mol. The minimum absolute atomic E-state index is 0.157. The zero-order chi connectivity index (χ0) is 18.4. The van der Waals surface area contributed by atoms with Crippen LogP contribution < -0.4 is 10.2 Å². The van der Waals surface area contributed by atoms with E-state index in [1.54, 1.807) is 4.90 Å². The SMILES string of the molecule is CCCCC1CCC(C(=O)NCc2cccc(N3CCOC3=O)c2)CC1. The second-order valence-electron chi connectivity index (χ2n) is 7.51. The summed E-state index contributed by atoms with van der Waals surface area (Å²) in [5.74, 6) is 1.14. The summed E-state index contributed by atoms with van der Waals surface area (Å²) in [6.07, 6.45) is 7.98. The molecule has 1 aliphatic heterocycles. The molecule has 0 atom stereocenters. The highest BCUT2D eigenvalue weighted by molar-refractivity contribution is 5.89.